The number of nitrogen functional groups attached to an aromatic ring is 1. The van der Waals surface area contributed by atoms with Crippen molar-refractivity contribution < 1.29 is 21.2 Å². The highest BCUT2D eigenvalue weighted by molar-refractivity contribution is 7.91. The lowest BCUT2D eigenvalue weighted by Gasteiger charge is -2.14. The zero-order valence-electron chi connectivity index (χ0n) is 11.3. The van der Waals surface area contributed by atoms with E-state index in [0.717, 1.165) is 12.3 Å². The zero-order chi connectivity index (χ0) is 15.7. The monoisotopic (exact) mass is 324 g/mol. The van der Waals surface area contributed by atoms with Crippen LogP contribution in [0.3, 0.4) is 0 Å². The Morgan fingerprint density at radius 3 is 2.35 bits per heavy atom. The third-order valence-corrected chi connectivity index (χ3v) is 5.14. The summed E-state index contributed by atoms with van der Waals surface area (Å²) in [6.07, 6.45) is 0.989. The SMILES string of the molecule is Cc1cc(N)cc(S(=O)(=O)NC(C)CS(C)(=O)=O)c1F. The highest BCUT2D eigenvalue weighted by Crippen LogP contribution is 2.21. The zero-order valence-corrected chi connectivity index (χ0v) is 13.0. The quantitative estimate of drug-likeness (QED) is 0.764. The van der Waals surface area contributed by atoms with Gasteiger partial charge in [-0.1, -0.05) is 0 Å². The second-order valence-electron chi connectivity index (χ2n) is 4.76. The van der Waals surface area contributed by atoms with Crippen molar-refractivity contribution in [1.29, 1.82) is 0 Å². The van der Waals surface area contributed by atoms with Crippen LogP contribution in [0.15, 0.2) is 17.0 Å². The van der Waals surface area contributed by atoms with Crippen LogP contribution in [0.4, 0.5) is 10.1 Å². The molecule has 0 aliphatic rings. The van der Waals surface area contributed by atoms with Crippen molar-refractivity contribution in [2.45, 2.75) is 24.8 Å². The van der Waals surface area contributed by atoms with Gasteiger partial charge in [0.15, 0.2) is 0 Å². The molecule has 0 fully saturated rings. The molecule has 0 spiro atoms. The largest absolute Gasteiger partial charge is 0.399 e. The fourth-order valence-corrected chi connectivity index (χ4v) is 4.30. The summed E-state index contributed by atoms with van der Waals surface area (Å²) in [6.45, 7) is 2.78. The molecule has 1 aromatic rings. The molecular weight excluding hydrogens is 307 g/mol. The summed E-state index contributed by atoms with van der Waals surface area (Å²) in [5.74, 6) is -1.28. The summed E-state index contributed by atoms with van der Waals surface area (Å²) < 4.78 is 62.3. The molecule has 9 heteroatoms. The first-order chi connectivity index (χ1) is 8.92. The highest BCUT2D eigenvalue weighted by atomic mass is 32.2. The van der Waals surface area contributed by atoms with Crippen molar-refractivity contribution in [2.24, 2.45) is 0 Å². The summed E-state index contributed by atoms with van der Waals surface area (Å²) >= 11 is 0. The number of sulfone groups is 1. The summed E-state index contributed by atoms with van der Waals surface area (Å²) in [6, 6.07) is 1.43. The first-order valence-corrected chi connectivity index (χ1v) is 9.22. The average molecular weight is 324 g/mol. The third-order valence-electron chi connectivity index (χ3n) is 2.44. The van der Waals surface area contributed by atoms with Gasteiger partial charge in [-0.3, -0.25) is 0 Å². The molecule has 0 saturated carbocycles. The predicted molar refractivity (Wildman–Crippen MR) is 75.0 cm³/mol. The van der Waals surface area contributed by atoms with Crippen LogP contribution in [0.25, 0.3) is 0 Å². The highest BCUT2D eigenvalue weighted by Gasteiger charge is 2.24. The van der Waals surface area contributed by atoms with Gasteiger partial charge < -0.3 is 5.73 Å². The Morgan fingerprint density at radius 2 is 1.85 bits per heavy atom. The first-order valence-electron chi connectivity index (χ1n) is 5.68. The molecule has 114 valence electrons. The molecule has 0 saturated heterocycles. The minimum atomic E-state index is -4.18. The molecule has 0 aliphatic carbocycles. The maximum Gasteiger partial charge on any atom is 0.243 e. The van der Waals surface area contributed by atoms with E-state index in [1.807, 2.05) is 0 Å². The van der Waals surface area contributed by atoms with E-state index in [9.17, 15) is 21.2 Å². The molecule has 1 atom stereocenters. The predicted octanol–water partition coefficient (Wildman–Crippen LogP) is 0.428. The maximum absolute atomic E-state index is 13.9. The van der Waals surface area contributed by atoms with Crippen LogP contribution < -0.4 is 10.5 Å². The number of rotatable bonds is 5. The van der Waals surface area contributed by atoms with E-state index in [0.29, 0.717) is 0 Å². The van der Waals surface area contributed by atoms with Gasteiger partial charge >= 0.3 is 0 Å². The van der Waals surface area contributed by atoms with Gasteiger partial charge in [0.2, 0.25) is 10.0 Å². The van der Waals surface area contributed by atoms with E-state index in [-0.39, 0.29) is 17.0 Å². The molecule has 1 unspecified atom stereocenters. The number of nitrogens with two attached hydrogens (primary N) is 1. The molecule has 0 heterocycles. The molecule has 0 radical (unpaired) electrons. The van der Waals surface area contributed by atoms with Crippen LogP contribution in [0, 0.1) is 12.7 Å². The summed E-state index contributed by atoms with van der Waals surface area (Å²) in [4.78, 5) is -0.588. The van der Waals surface area contributed by atoms with E-state index in [2.05, 4.69) is 4.72 Å². The van der Waals surface area contributed by atoms with Gasteiger partial charge in [-0.25, -0.2) is 25.9 Å². The standard InChI is InChI=1S/C11H17FN2O4S2/c1-7-4-9(13)5-10(11(7)12)20(17,18)14-8(2)6-19(3,15)16/h4-5,8,14H,6,13H2,1-3H3. The number of hydrogen-bond acceptors (Lipinski definition) is 5. The summed E-state index contributed by atoms with van der Waals surface area (Å²) in [7, 11) is -7.53. The first kappa shape index (κ1) is 16.9. The summed E-state index contributed by atoms with van der Waals surface area (Å²) in [5.41, 5.74) is 5.71. The minimum Gasteiger partial charge on any atom is -0.399 e. The van der Waals surface area contributed by atoms with Crippen LogP contribution in [-0.2, 0) is 19.9 Å². The number of anilines is 1. The van der Waals surface area contributed by atoms with Gasteiger partial charge in [0.05, 0.1) is 5.75 Å². The molecule has 3 N–H and O–H groups in total. The molecule has 0 amide bonds. The van der Waals surface area contributed by atoms with Crippen LogP contribution in [-0.4, -0.2) is 34.9 Å². The third kappa shape index (κ3) is 4.43. The number of aryl methyl sites for hydroxylation is 1. The Hall–Kier alpha value is -1.19. The van der Waals surface area contributed by atoms with Crippen molar-refractivity contribution >= 4 is 25.5 Å². The number of sulfonamides is 1. The van der Waals surface area contributed by atoms with Crippen molar-refractivity contribution in [1.82, 2.24) is 4.72 Å². The summed E-state index contributed by atoms with van der Waals surface area (Å²) in [5, 5.41) is 0. The van der Waals surface area contributed by atoms with Gasteiger partial charge in [0.1, 0.15) is 20.5 Å². The number of benzene rings is 1. The van der Waals surface area contributed by atoms with Crippen molar-refractivity contribution in [3.05, 3.63) is 23.5 Å². The maximum atomic E-state index is 13.9. The van der Waals surface area contributed by atoms with Crippen LogP contribution in [0.5, 0.6) is 0 Å². The molecule has 1 aromatic carbocycles. The van der Waals surface area contributed by atoms with Crippen molar-refractivity contribution in [3.8, 4) is 0 Å². The minimum absolute atomic E-state index is 0.0983. The molecule has 0 bridgehead atoms. The van der Waals surface area contributed by atoms with E-state index in [1.54, 1.807) is 0 Å². The Kier molecular flexibility index (Phi) is 4.78. The Bertz CT molecular complexity index is 714. The molecule has 20 heavy (non-hydrogen) atoms. The van der Waals surface area contributed by atoms with Gasteiger partial charge in [0.25, 0.3) is 0 Å². The van der Waals surface area contributed by atoms with Crippen LogP contribution >= 0.6 is 0 Å². The van der Waals surface area contributed by atoms with Crippen molar-refractivity contribution in [3.63, 3.8) is 0 Å². The average Bonchev–Trinajstić information content (AvgIpc) is 2.19. The number of hydrogen-bond donors (Lipinski definition) is 2. The molecule has 0 aliphatic heterocycles. The Morgan fingerprint density at radius 1 is 1.30 bits per heavy atom. The molecule has 0 aromatic heterocycles. The lowest BCUT2D eigenvalue weighted by atomic mass is 10.2. The number of nitrogens with one attached hydrogen (secondary N) is 1. The lowest BCUT2D eigenvalue weighted by Crippen LogP contribution is -2.37. The normalized spacial score (nSPS) is 14.2. The fourth-order valence-electron chi connectivity index (χ4n) is 1.78. The topological polar surface area (TPSA) is 106 Å². The van der Waals surface area contributed by atoms with E-state index >= 15 is 0 Å². The van der Waals surface area contributed by atoms with Crippen molar-refractivity contribution in [2.75, 3.05) is 17.7 Å². The van der Waals surface area contributed by atoms with E-state index in [4.69, 9.17) is 5.73 Å². The van der Waals surface area contributed by atoms with Crippen LogP contribution in [0.1, 0.15) is 12.5 Å². The molecule has 6 nitrogen and oxygen atoms in total. The van der Waals surface area contributed by atoms with Gasteiger partial charge in [-0.2, -0.15) is 0 Å². The fraction of sp³-hybridized carbons (Fsp3) is 0.455. The molecular formula is C11H17FN2O4S2. The van der Waals surface area contributed by atoms with E-state index < -0.39 is 36.6 Å². The Labute approximate surface area is 118 Å². The molecule has 1 rings (SSSR count). The second kappa shape index (κ2) is 5.66. The van der Waals surface area contributed by atoms with Gasteiger partial charge in [-0.15, -0.1) is 0 Å². The Balaban J connectivity index is 3.13. The lowest BCUT2D eigenvalue weighted by molar-refractivity contribution is 0.544. The number of halogens is 1. The van der Waals surface area contributed by atoms with Gasteiger partial charge in [0, 0.05) is 18.0 Å². The van der Waals surface area contributed by atoms with E-state index in [1.165, 1.54) is 19.9 Å². The van der Waals surface area contributed by atoms with Crippen LogP contribution in [0.2, 0.25) is 0 Å². The van der Waals surface area contributed by atoms with Gasteiger partial charge in [-0.05, 0) is 31.5 Å². The second-order valence-corrected chi connectivity index (χ2v) is 8.63. The smallest absolute Gasteiger partial charge is 0.243 e.